The van der Waals surface area contributed by atoms with Crippen LogP contribution in [0.3, 0.4) is 0 Å². The van der Waals surface area contributed by atoms with Crippen molar-refractivity contribution in [3.05, 3.63) is 29.8 Å². The number of anilines is 1. The Labute approximate surface area is 103 Å². The molecule has 0 heterocycles. The molecule has 94 valence electrons. The average Bonchev–Trinajstić information content (AvgIpc) is 2.30. The second-order valence-corrected chi connectivity index (χ2v) is 4.22. The molecule has 0 atom stereocenters. The lowest BCUT2D eigenvalue weighted by molar-refractivity contribution is -0.143. The summed E-state index contributed by atoms with van der Waals surface area (Å²) in [6, 6.07) is 8.42. The van der Waals surface area contributed by atoms with Gasteiger partial charge in [0.15, 0.2) is 0 Å². The van der Waals surface area contributed by atoms with Gasteiger partial charge in [0.2, 0.25) is 0 Å². The molecule has 0 aliphatic rings. The summed E-state index contributed by atoms with van der Waals surface area (Å²) in [5.41, 5.74) is 2.46. The maximum Gasteiger partial charge on any atom is 0.305 e. The predicted molar refractivity (Wildman–Crippen MR) is 70.3 cm³/mol. The highest BCUT2D eigenvalue weighted by atomic mass is 16.5. The molecule has 0 bridgehead atoms. The Bertz CT molecular complexity index is 344. The minimum absolute atomic E-state index is 0.0996. The number of benzene rings is 1. The van der Waals surface area contributed by atoms with E-state index in [2.05, 4.69) is 29.2 Å². The summed E-state index contributed by atoms with van der Waals surface area (Å²) in [7, 11) is 4.05. The Hall–Kier alpha value is -1.51. The van der Waals surface area contributed by atoms with Crippen molar-refractivity contribution in [1.29, 1.82) is 0 Å². The van der Waals surface area contributed by atoms with Crippen molar-refractivity contribution in [3.8, 4) is 0 Å². The number of nitrogens with zero attached hydrogens (tertiary/aromatic N) is 1. The number of rotatable bonds is 6. The number of ether oxygens (including phenoxy) is 1. The van der Waals surface area contributed by atoms with Crippen molar-refractivity contribution in [2.45, 2.75) is 26.2 Å². The quantitative estimate of drug-likeness (QED) is 0.710. The molecule has 0 N–H and O–H groups in total. The van der Waals surface area contributed by atoms with Crippen LogP contribution < -0.4 is 4.90 Å². The fraction of sp³-hybridized carbons (Fsp3) is 0.500. The first kappa shape index (κ1) is 13.6. The van der Waals surface area contributed by atoms with Crippen LogP contribution in [0.2, 0.25) is 0 Å². The van der Waals surface area contributed by atoms with Crippen LogP contribution in [0.4, 0.5) is 5.69 Å². The van der Waals surface area contributed by atoms with Crippen LogP contribution in [0.25, 0.3) is 0 Å². The zero-order valence-electron chi connectivity index (χ0n) is 10.9. The summed E-state index contributed by atoms with van der Waals surface area (Å²) in [6.45, 7) is 2.30. The number of esters is 1. The van der Waals surface area contributed by atoms with E-state index in [0.29, 0.717) is 13.0 Å². The summed E-state index contributed by atoms with van der Waals surface area (Å²) in [4.78, 5) is 13.2. The van der Waals surface area contributed by atoms with Gasteiger partial charge < -0.3 is 9.64 Å². The molecule has 0 unspecified atom stereocenters. The van der Waals surface area contributed by atoms with Gasteiger partial charge in [0, 0.05) is 26.2 Å². The van der Waals surface area contributed by atoms with Gasteiger partial charge in [-0.25, -0.2) is 0 Å². The fourth-order valence-corrected chi connectivity index (χ4v) is 1.63. The third-order valence-electron chi connectivity index (χ3n) is 2.60. The van der Waals surface area contributed by atoms with E-state index in [1.54, 1.807) is 0 Å². The molecule has 0 aliphatic carbocycles. The van der Waals surface area contributed by atoms with E-state index in [-0.39, 0.29) is 5.97 Å². The molecule has 1 aromatic carbocycles. The van der Waals surface area contributed by atoms with Gasteiger partial charge in [-0.05, 0) is 37.5 Å². The van der Waals surface area contributed by atoms with Gasteiger partial charge in [-0.2, -0.15) is 0 Å². The molecular formula is C14H21NO2. The predicted octanol–water partition coefficient (Wildman–Crippen LogP) is 2.64. The lowest BCUT2D eigenvalue weighted by Gasteiger charge is -2.12. The highest BCUT2D eigenvalue weighted by Crippen LogP contribution is 2.13. The molecule has 3 heteroatoms. The van der Waals surface area contributed by atoms with Gasteiger partial charge in [-0.1, -0.05) is 12.1 Å². The smallest absolute Gasteiger partial charge is 0.305 e. The summed E-state index contributed by atoms with van der Waals surface area (Å²) >= 11 is 0. The Morgan fingerprint density at radius 1 is 1.24 bits per heavy atom. The van der Waals surface area contributed by atoms with Gasteiger partial charge in [0.05, 0.1) is 6.61 Å². The monoisotopic (exact) mass is 235 g/mol. The van der Waals surface area contributed by atoms with Crippen molar-refractivity contribution in [2.75, 3.05) is 25.6 Å². The molecule has 0 aromatic heterocycles. The molecule has 0 fully saturated rings. The normalized spacial score (nSPS) is 10.1. The van der Waals surface area contributed by atoms with Gasteiger partial charge in [0.1, 0.15) is 0 Å². The first-order chi connectivity index (χ1) is 8.13. The topological polar surface area (TPSA) is 29.5 Å². The Kier molecular flexibility index (Phi) is 5.53. The minimum Gasteiger partial charge on any atom is -0.466 e. The average molecular weight is 235 g/mol. The van der Waals surface area contributed by atoms with Crippen LogP contribution in [0.1, 0.15) is 25.3 Å². The van der Waals surface area contributed by atoms with Crippen LogP contribution in [0.5, 0.6) is 0 Å². The molecule has 0 amide bonds. The molecule has 0 radical (unpaired) electrons. The SMILES string of the molecule is CCOC(=O)CCCc1ccc(N(C)C)cc1. The zero-order chi connectivity index (χ0) is 12.7. The van der Waals surface area contributed by atoms with Crippen molar-refractivity contribution in [1.82, 2.24) is 0 Å². The molecule has 0 aliphatic heterocycles. The maximum atomic E-state index is 11.1. The molecule has 0 spiro atoms. The second kappa shape index (κ2) is 6.94. The fourth-order valence-electron chi connectivity index (χ4n) is 1.63. The van der Waals surface area contributed by atoms with Gasteiger partial charge in [0.25, 0.3) is 0 Å². The van der Waals surface area contributed by atoms with Crippen LogP contribution in [0.15, 0.2) is 24.3 Å². The largest absolute Gasteiger partial charge is 0.466 e. The molecule has 0 saturated heterocycles. The van der Waals surface area contributed by atoms with E-state index in [4.69, 9.17) is 4.74 Å². The first-order valence-electron chi connectivity index (χ1n) is 6.05. The molecule has 17 heavy (non-hydrogen) atoms. The Morgan fingerprint density at radius 2 is 1.88 bits per heavy atom. The molecular weight excluding hydrogens is 214 g/mol. The van der Waals surface area contributed by atoms with E-state index in [0.717, 1.165) is 12.8 Å². The maximum absolute atomic E-state index is 11.1. The van der Waals surface area contributed by atoms with E-state index >= 15 is 0 Å². The third-order valence-corrected chi connectivity index (χ3v) is 2.60. The number of carbonyl (C=O) groups is 1. The van der Waals surface area contributed by atoms with Crippen LogP contribution >= 0.6 is 0 Å². The molecule has 1 rings (SSSR count). The third kappa shape index (κ3) is 4.89. The molecule has 1 aromatic rings. The second-order valence-electron chi connectivity index (χ2n) is 4.22. The number of carbonyl (C=O) groups excluding carboxylic acids is 1. The number of hydrogen-bond acceptors (Lipinski definition) is 3. The van der Waals surface area contributed by atoms with E-state index < -0.39 is 0 Å². The number of aryl methyl sites for hydroxylation is 1. The van der Waals surface area contributed by atoms with E-state index in [1.807, 2.05) is 21.0 Å². The lowest BCUT2D eigenvalue weighted by Crippen LogP contribution is -2.08. The highest BCUT2D eigenvalue weighted by Gasteiger charge is 2.02. The minimum atomic E-state index is -0.0996. The Morgan fingerprint density at radius 3 is 2.41 bits per heavy atom. The van der Waals surface area contributed by atoms with Gasteiger partial charge in [-0.3, -0.25) is 4.79 Å². The molecule has 0 saturated carbocycles. The summed E-state index contributed by atoms with van der Waals surface area (Å²) in [5.74, 6) is -0.0996. The summed E-state index contributed by atoms with van der Waals surface area (Å²) in [6.07, 6.45) is 2.27. The molecule has 3 nitrogen and oxygen atoms in total. The summed E-state index contributed by atoms with van der Waals surface area (Å²) < 4.78 is 4.88. The first-order valence-corrected chi connectivity index (χ1v) is 6.05. The van der Waals surface area contributed by atoms with Crippen LogP contribution in [0, 0.1) is 0 Å². The standard InChI is InChI=1S/C14H21NO2/c1-4-17-14(16)7-5-6-12-8-10-13(11-9-12)15(2)3/h8-11H,4-7H2,1-3H3. The highest BCUT2D eigenvalue weighted by molar-refractivity contribution is 5.69. The van der Waals surface area contributed by atoms with Crippen molar-refractivity contribution >= 4 is 11.7 Å². The lowest BCUT2D eigenvalue weighted by atomic mass is 10.1. The van der Waals surface area contributed by atoms with Gasteiger partial charge in [-0.15, -0.1) is 0 Å². The Balaban J connectivity index is 2.35. The van der Waals surface area contributed by atoms with Crippen LogP contribution in [-0.4, -0.2) is 26.7 Å². The van der Waals surface area contributed by atoms with Crippen molar-refractivity contribution in [2.24, 2.45) is 0 Å². The summed E-state index contributed by atoms with van der Waals surface area (Å²) in [5, 5.41) is 0. The van der Waals surface area contributed by atoms with E-state index in [1.165, 1.54) is 11.3 Å². The van der Waals surface area contributed by atoms with Crippen LogP contribution in [-0.2, 0) is 16.0 Å². The zero-order valence-corrected chi connectivity index (χ0v) is 10.9. The van der Waals surface area contributed by atoms with Crippen molar-refractivity contribution < 1.29 is 9.53 Å². The number of hydrogen-bond donors (Lipinski definition) is 0. The van der Waals surface area contributed by atoms with Crippen molar-refractivity contribution in [3.63, 3.8) is 0 Å². The van der Waals surface area contributed by atoms with Gasteiger partial charge >= 0.3 is 5.97 Å². The van der Waals surface area contributed by atoms with E-state index in [9.17, 15) is 4.79 Å².